The van der Waals surface area contributed by atoms with Crippen molar-refractivity contribution in [3.63, 3.8) is 0 Å². The predicted octanol–water partition coefficient (Wildman–Crippen LogP) is 3.87. The molecule has 0 saturated carbocycles. The SMILES string of the molecule is COC(=O)C1=C(CCc2nccs2)NC(CC(=O)N2CCN(C3CC4CCC(C3=O)N4C)CC2)=C(C(=O)O)C1c1c(Cl)cccc1Cl. The lowest BCUT2D eigenvalue weighted by molar-refractivity contribution is -0.137. The number of likely N-dealkylation sites (N-methyl/N-ethyl adjacent to an activating group) is 1. The predicted molar refractivity (Wildman–Crippen MR) is 177 cm³/mol. The van der Waals surface area contributed by atoms with E-state index >= 15 is 0 Å². The van der Waals surface area contributed by atoms with Crippen LogP contribution in [-0.4, -0.2) is 107 Å². The number of ketones is 1. The minimum atomic E-state index is -1.32. The van der Waals surface area contributed by atoms with Crippen molar-refractivity contribution in [2.45, 2.75) is 62.6 Å². The number of amides is 1. The lowest BCUT2D eigenvalue weighted by atomic mass is 9.78. The summed E-state index contributed by atoms with van der Waals surface area (Å²) in [5.41, 5.74) is 0.698. The van der Waals surface area contributed by atoms with Gasteiger partial charge in [0.2, 0.25) is 5.91 Å². The van der Waals surface area contributed by atoms with Crippen LogP contribution in [0.25, 0.3) is 0 Å². The highest BCUT2D eigenvalue weighted by molar-refractivity contribution is 7.09. The first kappa shape index (κ1) is 33.6. The maximum absolute atomic E-state index is 13.8. The number of piperidine rings is 1. The van der Waals surface area contributed by atoms with E-state index in [4.69, 9.17) is 27.9 Å². The highest BCUT2D eigenvalue weighted by atomic mass is 35.5. The van der Waals surface area contributed by atoms with Gasteiger partial charge in [-0.25, -0.2) is 14.6 Å². The molecule has 5 heterocycles. The fraction of sp³-hybridized carbons (Fsp3) is 0.485. The van der Waals surface area contributed by atoms with Crippen LogP contribution in [-0.2, 0) is 30.3 Å². The largest absolute Gasteiger partial charge is 0.478 e. The molecular weight excluding hydrogens is 665 g/mol. The van der Waals surface area contributed by atoms with Gasteiger partial charge in [0.05, 0.1) is 47.7 Å². The Morgan fingerprint density at radius 2 is 1.77 bits per heavy atom. The first-order valence-electron chi connectivity index (χ1n) is 15.7. The van der Waals surface area contributed by atoms with E-state index in [2.05, 4.69) is 20.1 Å². The maximum Gasteiger partial charge on any atom is 0.336 e. The number of ether oxygens (including phenoxy) is 1. The van der Waals surface area contributed by atoms with Crippen LogP contribution < -0.4 is 5.32 Å². The van der Waals surface area contributed by atoms with E-state index in [1.54, 1.807) is 29.3 Å². The summed E-state index contributed by atoms with van der Waals surface area (Å²) in [5.74, 6) is -3.23. The number of rotatable bonds is 9. The van der Waals surface area contributed by atoms with Crippen LogP contribution in [0, 0.1) is 0 Å². The zero-order valence-corrected chi connectivity index (χ0v) is 28.5. The summed E-state index contributed by atoms with van der Waals surface area (Å²) in [4.78, 5) is 64.0. The van der Waals surface area contributed by atoms with E-state index in [1.807, 2.05) is 12.4 Å². The lowest BCUT2D eigenvalue weighted by Gasteiger charge is -2.44. The topological polar surface area (TPSA) is 132 Å². The van der Waals surface area contributed by atoms with Gasteiger partial charge in [-0.3, -0.25) is 19.4 Å². The molecule has 11 nitrogen and oxygen atoms in total. The zero-order chi connectivity index (χ0) is 33.4. The van der Waals surface area contributed by atoms with Gasteiger partial charge in [-0.15, -0.1) is 11.3 Å². The van der Waals surface area contributed by atoms with Crippen LogP contribution in [0.1, 0.15) is 48.6 Å². The number of hydrogen-bond donors (Lipinski definition) is 2. The lowest BCUT2D eigenvalue weighted by Crippen LogP contribution is -2.60. The summed E-state index contributed by atoms with van der Waals surface area (Å²) in [6, 6.07) is 5.06. The number of esters is 1. The molecule has 2 aromatic rings. The third-order valence-electron chi connectivity index (χ3n) is 9.95. The average Bonchev–Trinajstić information content (AvgIpc) is 3.67. The van der Waals surface area contributed by atoms with Crippen molar-refractivity contribution in [2.75, 3.05) is 40.3 Å². The number of fused-ring (bicyclic) bond motifs is 2. The summed E-state index contributed by atoms with van der Waals surface area (Å²) in [7, 11) is 3.26. The van der Waals surface area contributed by atoms with Gasteiger partial charge < -0.3 is 20.1 Å². The molecular formula is C33H37Cl2N5O6S. The highest BCUT2D eigenvalue weighted by Crippen LogP contribution is 2.45. The molecule has 1 amide bonds. The number of thiazole rings is 1. The van der Waals surface area contributed by atoms with Crippen molar-refractivity contribution in [3.8, 4) is 0 Å². The van der Waals surface area contributed by atoms with E-state index in [1.165, 1.54) is 18.4 Å². The number of aromatic nitrogens is 1. The molecule has 4 aliphatic rings. The van der Waals surface area contributed by atoms with Gasteiger partial charge in [0, 0.05) is 77.2 Å². The second-order valence-corrected chi connectivity index (χ2v) is 14.2. The van der Waals surface area contributed by atoms with Gasteiger partial charge in [-0.2, -0.15) is 0 Å². The zero-order valence-electron chi connectivity index (χ0n) is 26.2. The van der Waals surface area contributed by atoms with Crippen LogP contribution in [0.15, 0.2) is 52.3 Å². The molecule has 6 rings (SSSR count). The molecule has 2 N–H and O–H groups in total. The van der Waals surface area contributed by atoms with E-state index in [0.717, 1.165) is 24.3 Å². The van der Waals surface area contributed by atoms with Gasteiger partial charge in [-0.05, 0) is 44.9 Å². The Balaban J connectivity index is 1.28. The molecule has 0 radical (unpaired) electrons. The minimum Gasteiger partial charge on any atom is -0.478 e. The number of piperazine rings is 1. The Morgan fingerprint density at radius 1 is 1.04 bits per heavy atom. The molecule has 47 heavy (non-hydrogen) atoms. The molecule has 14 heteroatoms. The van der Waals surface area contributed by atoms with Crippen molar-refractivity contribution in [1.29, 1.82) is 0 Å². The molecule has 2 bridgehead atoms. The molecule has 3 saturated heterocycles. The van der Waals surface area contributed by atoms with E-state index < -0.39 is 17.9 Å². The van der Waals surface area contributed by atoms with Crippen molar-refractivity contribution >= 4 is 58.2 Å². The third-order valence-corrected chi connectivity index (χ3v) is 11.5. The van der Waals surface area contributed by atoms with Crippen LogP contribution in [0.4, 0.5) is 0 Å². The first-order valence-corrected chi connectivity index (χ1v) is 17.4. The van der Waals surface area contributed by atoms with Crippen LogP contribution in [0.2, 0.25) is 10.0 Å². The van der Waals surface area contributed by atoms with E-state index in [-0.39, 0.29) is 62.6 Å². The number of nitrogens with zero attached hydrogens (tertiary/aromatic N) is 4. The number of benzene rings is 1. The fourth-order valence-corrected chi connectivity index (χ4v) is 8.78. The van der Waals surface area contributed by atoms with Crippen LogP contribution in [0.5, 0.6) is 0 Å². The number of halogens is 2. The molecule has 3 fully saturated rings. The third kappa shape index (κ3) is 6.58. The monoisotopic (exact) mass is 701 g/mol. The summed E-state index contributed by atoms with van der Waals surface area (Å²) < 4.78 is 5.16. The second-order valence-electron chi connectivity index (χ2n) is 12.4. The number of carboxylic acid groups (broad SMARTS) is 1. The molecule has 0 aliphatic carbocycles. The summed E-state index contributed by atoms with van der Waals surface area (Å²) in [6.45, 7) is 1.96. The van der Waals surface area contributed by atoms with Crippen molar-refractivity contribution in [1.82, 2.24) is 25.0 Å². The van der Waals surface area contributed by atoms with Gasteiger partial charge in [-0.1, -0.05) is 29.3 Å². The number of nitrogens with one attached hydrogen (secondary N) is 1. The highest BCUT2D eigenvalue weighted by Gasteiger charge is 2.47. The summed E-state index contributed by atoms with van der Waals surface area (Å²) in [5, 5.41) is 16.8. The molecule has 4 aliphatic heterocycles. The Hall–Kier alpha value is -3.29. The number of Topliss-reactive ketones (excluding diaryl/α,β-unsaturated/α-hetero) is 1. The van der Waals surface area contributed by atoms with Gasteiger partial charge in [0.1, 0.15) is 0 Å². The molecule has 4 atom stereocenters. The maximum atomic E-state index is 13.8. The van der Waals surface area contributed by atoms with Crippen molar-refractivity contribution in [3.05, 3.63) is 72.9 Å². The first-order chi connectivity index (χ1) is 22.6. The number of carbonyl (C=O) groups excluding carboxylic acids is 3. The molecule has 0 spiro atoms. The van der Waals surface area contributed by atoms with Gasteiger partial charge in [0.15, 0.2) is 5.78 Å². The number of aryl methyl sites for hydroxylation is 1. The Kier molecular flexibility index (Phi) is 10.0. The van der Waals surface area contributed by atoms with Crippen LogP contribution >= 0.6 is 34.5 Å². The molecule has 4 unspecified atom stereocenters. The van der Waals surface area contributed by atoms with Gasteiger partial charge >= 0.3 is 11.9 Å². The second kappa shape index (κ2) is 14.1. The smallest absolute Gasteiger partial charge is 0.336 e. The molecule has 250 valence electrons. The minimum absolute atomic E-state index is 0.0236. The van der Waals surface area contributed by atoms with Gasteiger partial charge in [0.25, 0.3) is 0 Å². The van der Waals surface area contributed by atoms with E-state index in [9.17, 15) is 24.3 Å². The summed E-state index contributed by atoms with van der Waals surface area (Å²) >= 11 is 14.7. The number of methoxy groups -OCH3 is 1. The normalized spacial score (nSPS) is 25.3. The number of carbonyl (C=O) groups is 4. The number of carboxylic acids is 1. The Labute approximate surface area is 287 Å². The number of allylic oxidation sites excluding steroid dienone is 1. The van der Waals surface area contributed by atoms with Crippen LogP contribution in [0.3, 0.4) is 0 Å². The van der Waals surface area contributed by atoms with Crippen molar-refractivity contribution < 1.29 is 29.0 Å². The Bertz CT molecular complexity index is 1620. The average molecular weight is 703 g/mol. The van der Waals surface area contributed by atoms with Crippen molar-refractivity contribution in [2.24, 2.45) is 0 Å². The number of hydrogen-bond acceptors (Lipinski definition) is 10. The summed E-state index contributed by atoms with van der Waals surface area (Å²) in [6.07, 6.45) is 4.96. The number of dihydropyridines is 1. The number of aliphatic carboxylic acids is 1. The fourth-order valence-electron chi connectivity index (χ4n) is 7.54. The molecule has 1 aromatic carbocycles. The molecule has 1 aromatic heterocycles. The standard InChI is InChI=1S/C33H37Cl2N5O6S/c1-38-18-6-8-23(38)31(42)24(16-18)39-11-13-40(14-12-39)26(41)17-22-28(32(43)44)30(27-19(34)4-3-5-20(27)35)29(33(45)46-2)21(37-22)7-9-25-36-10-15-47-25/h3-5,10,15,18,23-24,30,37H,6-9,11-14,16-17H2,1-2H3,(H,43,44). The Morgan fingerprint density at radius 3 is 2.40 bits per heavy atom. The quantitative estimate of drug-likeness (QED) is 0.372. The van der Waals surface area contributed by atoms with E-state index in [0.29, 0.717) is 50.8 Å².